The van der Waals surface area contributed by atoms with Crippen LogP contribution in [0.3, 0.4) is 0 Å². The second-order valence-electron chi connectivity index (χ2n) is 7.43. The van der Waals surface area contributed by atoms with Crippen molar-refractivity contribution < 1.29 is 33.7 Å². The maximum atomic E-state index is 12.6. The van der Waals surface area contributed by atoms with E-state index in [0.29, 0.717) is 4.90 Å². The lowest BCUT2D eigenvalue weighted by atomic mass is 10.2. The Balaban J connectivity index is 2.97. The lowest BCUT2D eigenvalue weighted by molar-refractivity contribution is -0.151. The van der Waals surface area contributed by atoms with E-state index >= 15 is 0 Å². The van der Waals surface area contributed by atoms with Gasteiger partial charge < -0.3 is 19.3 Å². The quantitative estimate of drug-likeness (QED) is 0.467. The van der Waals surface area contributed by atoms with E-state index in [4.69, 9.17) is 14.2 Å². The highest BCUT2D eigenvalue weighted by molar-refractivity contribution is 5.93. The molecule has 0 aliphatic heterocycles. The van der Waals surface area contributed by atoms with Crippen LogP contribution in [0.15, 0.2) is 30.3 Å². The highest BCUT2D eigenvalue weighted by Gasteiger charge is 2.38. The maximum absolute atomic E-state index is 12.6. The predicted octanol–water partition coefficient (Wildman–Crippen LogP) is 3.37. The third kappa shape index (κ3) is 8.95. The topological polar surface area (TPSA) is 102 Å². The highest BCUT2D eigenvalue weighted by atomic mass is 16.6. The fourth-order valence-corrected chi connectivity index (χ4v) is 2.24. The Bertz CT molecular complexity index is 622. The van der Waals surface area contributed by atoms with Crippen LogP contribution in [0.4, 0.5) is 9.59 Å². The van der Waals surface area contributed by atoms with Crippen LogP contribution in [0.1, 0.15) is 39.7 Å². The molecule has 8 nitrogen and oxygen atoms in total. The van der Waals surface area contributed by atoms with Crippen molar-refractivity contribution in [3.63, 3.8) is 0 Å². The molecule has 0 heterocycles. The van der Waals surface area contributed by atoms with Gasteiger partial charge >= 0.3 is 18.2 Å². The van der Waals surface area contributed by atoms with Crippen LogP contribution in [-0.2, 0) is 25.6 Å². The van der Waals surface area contributed by atoms with Gasteiger partial charge in [-0.2, -0.15) is 4.90 Å². The number of carbonyl (C=O) groups is 3. The number of ether oxygens (including phenoxy) is 3. The van der Waals surface area contributed by atoms with E-state index in [0.717, 1.165) is 5.56 Å². The third-order valence-electron chi connectivity index (χ3n) is 3.68. The van der Waals surface area contributed by atoms with Crippen molar-refractivity contribution in [1.82, 2.24) is 4.90 Å². The van der Waals surface area contributed by atoms with Gasteiger partial charge in [-0.15, -0.1) is 0 Å². The second kappa shape index (κ2) is 12.8. The molecular formula is C21H31NO7. The molecule has 29 heavy (non-hydrogen) atoms. The van der Waals surface area contributed by atoms with Crippen LogP contribution in [-0.4, -0.2) is 54.0 Å². The Morgan fingerprint density at radius 3 is 1.86 bits per heavy atom. The lowest BCUT2D eigenvalue weighted by Crippen LogP contribution is -2.50. The monoisotopic (exact) mass is 409 g/mol. The van der Waals surface area contributed by atoms with Crippen molar-refractivity contribution >= 4 is 18.2 Å². The molecule has 0 fully saturated rings. The van der Waals surface area contributed by atoms with Gasteiger partial charge in [-0.3, -0.25) is 0 Å². The number of aliphatic hydroxyl groups is 1. The van der Waals surface area contributed by atoms with Gasteiger partial charge in [0.2, 0.25) is 0 Å². The van der Waals surface area contributed by atoms with Crippen molar-refractivity contribution in [2.75, 3.05) is 19.8 Å². The second-order valence-corrected chi connectivity index (χ2v) is 7.43. The molecule has 1 rings (SSSR count). The van der Waals surface area contributed by atoms with Gasteiger partial charge in [-0.1, -0.05) is 58.0 Å². The van der Waals surface area contributed by atoms with Crippen LogP contribution >= 0.6 is 0 Å². The minimum atomic E-state index is -1.36. The Morgan fingerprint density at radius 2 is 1.41 bits per heavy atom. The van der Waals surface area contributed by atoms with Gasteiger partial charge in [0.1, 0.15) is 12.6 Å². The minimum absolute atomic E-state index is 0.0302. The van der Waals surface area contributed by atoms with Crippen molar-refractivity contribution in [2.24, 2.45) is 11.8 Å². The number of rotatable bonds is 10. The van der Waals surface area contributed by atoms with Gasteiger partial charge in [-0.25, -0.2) is 14.4 Å². The number of esters is 1. The third-order valence-corrected chi connectivity index (χ3v) is 3.68. The van der Waals surface area contributed by atoms with E-state index in [1.54, 1.807) is 24.3 Å². The Morgan fingerprint density at radius 1 is 0.897 bits per heavy atom. The fraction of sp³-hybridized carbons (Fsp3) is 0.571. The first-order valence-electron chi connectivity index (χ1n) is 9.70. The highest BCUT2D eigenvalue weighted by Crippen LogP contribution is 2.14. The predicted molar refractivity (Wildman–Crippen MR) is 106 cm³/mol. The van der Waals surface area contributed by atoms with E-state index in [9.17, 15) is 19.5 Å². The molecule has 0 spiro atoms. The lowest BCUT2D eigenvalue weighted by Gasteiger charge is -2.27. The Kier molecular flexibility index (Phi) is 10.8. The number of carbonyl (C=O) groups excluding carboxylic acids is 3. The smallest absolute Gasteiger partial charge is 0.420 e. The first kappa shape index (κ1) is 24.4. The summed E-state index contributed by atoms with van der Waals surface area (Å²) < 4.78 is 15.5. The number of hydrogen-bond acceptors (Lipinski definition) is 7. The van der Waals surface area contributed by atoms with Crippen LogP contribution in [0, 0.1) is 11.8 Å². The first-order chi connectivity index (χ1) is 13.8. The number of hydrogen-bond donors (Lipinski definition) is 1. The molecule has 0 bridgehead atoms. The van der Waals surface area contributed by atoms with E-state index in [1.807, 2.05) is 33.8 Å². The minimum Gasteiger partial charge on any atom is -0.459 e. The normalized spacial score (nSPS) is 11.8. The molecule has 1 aromatic rings. The van der Waals surface area contributed by atoms with Crippen LogP contribution in [0.2, 0.25) is 0 Å². The summed E-state index contributed by atoms with van der Waals surface area (Å²) in [5.41, 5.74) is 0.750. The molecule has 0 aromatic heterocycles. The number of benzene rings is 1. The van der Waals surface area contributed by atoms with Crippen LogP contribution in [0.25, 0.3) is 0 Å². The maximum Gasteiger partial charge on any atom is 0.420 e. The molecular weight excluding hydrogens is 378 g/mol. The van der Waals surface area contributed by atoms with E-state index in [2.05, 4.69) is 0 Å². The van der Waals surface area contributed by atoms with Gasteiger partial charge in [-0.05, 0) is 17.4 Å². The molecule has 8 heteroatoms. The van der Waals surface area contributed by atoms with Crippen molar-refractivity contribution in [3.8, 4) is 0 Å². The summed E-state index contributed by atoms with van der Waals surface area (Å²) in [6.45, 7) is 7.04. The van der Waals surface area contributed by atoms with E-state index in [-0.39, 0.29) is 38.1 Å². The van der Waals surface area contributed by atoms with Gasteiger partial charge in [0, 0.05) is 13.0 Å². The molecule has 0 radical (unpaired) electrons. The average Bonchev–Trinajstić information content (AvgIpc) is 2.69. The molecule has 1 N–H and O–H groups in total. The summed E-state index contributed by atoms with van der Waals surface area (Å²) in [5, 5.41) is 9.38. The van der Waals surface area contributed by atoms with E-state index in [1.165, 1.54) is 0 Å². The summed E-state index contributed by atoms with van der Waals surface area (Å²) in [6, 6.07) is 7.63. The molecule has 0 unspecified atom stereocenters. The molecule has 2 amide bonds. The first-order valence-corrected chi connectivity index (χ1v) is 9.70. The summed E-state index contributed by atoms with van der Waals surface area (Å²) in [4.78, 5) is 38.3. The molecule has 0 saturated heterocycles. The summed E-state index contributed by atoms with van der Waals surface area (Å²) in [7, 11) is 0. The van der Waals surface area contributed by atoms with Crippen molar-refractivity contribution in [3.05, 3.63) is 35.9 Å². The van der Waals surface area contributed by atoms with Crippen LogP contribution in [0.5, 0.6) is 0 Å². The summed E-state index contributed by atoms with van der Waals surface area (Å²) in [5.74, 6) is -0.756. The number of aliphatic hydroxyl groups excluding tert-OH is 1. The SMILES string of the molecule is CC(C)COC(=O)N(C(=O)OCC(C)C)[C@@H](CCO)C(=O)OCc1ccccc1. The summed E-state index contributed by atoms with van der Waals surface area (Å²) >= 11 is 0. The average molecular weight is 409 g/mol. The number of amides is 2. The van der Waals surface area contributed by atoms with E-state index < -0.39 is 30.8 Å². The van der Waals surface area contributed by atoms with Gasteiger partial charge in [0.05, 0.1) is 13.2 Å². The fourth-order valence-electron chi connectivity index (χ4n) is 2.24. The molecule has 0 saturated carbocycles. The molecule has 162 valence electrons. The van der Waals surface area contributed by atoms with Crippen LogP contribution < -0.4 is 0 Å². The molecule has 1 atom stereocenters. The molecule has 1 aromatic carbocycles. The standard InChI is InChI=1S/C21H31NO7/c1-15(2)12-28-20(25)22(21(26)29-13-16(3)4)18(10-11-23)19(24)27-14-17-8-6-5-7-9-17/h5-9,15-16,18,23H,10-14H2,1-4H3/t18-/m0/s1. The zero-order valence-electron chi connectivity index (χ0n) is 17.5. The van der Waals surface area contributed by atoms with Crippen molar-refractivity contribution in [2.45, 2.75) is 46.8 Å². The Hall–Kier alpha value is -2.61. The van der Waals surface area contributed by atoms with Gasteiger partial charge in [0.15, 0.2) is 0 Å². The molecule has 0 aliphatic carbocycles. The number of imide groups is 1. The summed E-state index contributed by atoms with van der Waals surface area (Å²) in [6.07, 6.45) is -2.22. The number of nitrogens with zero attached hydrogens (tertiary/aromatic N) is 1. The largest absolute Gasteiger partial charge is 0.459 e. The molecule has 0 aliphatic rings. The Labute approximate surface area is 171 Å². The van der Waals surface area contributed by atoms with Crippen molar-refractivity contribution in [1.29, 1.82) is 0 Å². The van der Waals surface area contributed by atoms with Gasteiger partial charge in [0.25, 0.3) is 0 Å². The zero-order chi connectivity index (χ0) is 21.8. The zero-order valence-corrected chi connectivity index (χ0v) is 17.5.